The number of imide groups is 1. The monoisotopic (exact) mass is 367 g/mol. The van der Waals surface area contributed by atoms with Crippen LogP contribution in [0.25, 0.3) is 0 Å². The van der Waals surface area contributed by atoms with Gasteiger partial charge < -0.3 is 0 Å². The van der Waals surface area contributed by atoms with Crippen LogP contribution in [-0.4, -0.2) is 28.3 Å². The number of hydrogen-bond acceptors (Lipinski definition) is 4. The quantitative estimate of drug-likeness (QED) is 0.510. The van der Waals surface area contributed by atoms with Crippen molar-refractivity contribution in [2.45, 2.75) is 6.54 Å². The summed E-state index contributed by atoms with van der Waals surface area (Å²) in [6.45, 7) is -0.0588. The molecule has 0 saturated heterocycles. The lowest BCUT2D eigenvalue weighted by atomic mass is 9.82. The molecule has 1 heterocycles. The van der Waals surface area contributed by atoms with E-state index in [0.29, 0.717) is 33.4 Å². The van der Waals surface area contributed by atoms with Crippen LogP contribution in [0, 0.1) is 0 Å². The largest absolute Gasteiger partial charge is 0.289 e. The molecule has 0 spiro atoms. The number of nitrogens with zero attached hydrogens (tertiary/aromatic N) is 1. The van der Waals surface area contributed by atoms with E-state index in [2.05, 4.69) is 0 Å². The Bertz CT molecular complexity index is 1190. The average Bonchev–Trinajstić information content (AvgIpc) is 2.97. The van der Waals surface area contributed by atoms with E-state index in [0.717, 1.165) is 4.90 Å². The van der Waals surface area contributed by atoms with Gasteiger partial charge in [-0.1, -0.05) is 54.6 Å². The molecule has 0 saturated carbocycles. The van der Waals surface area contributed by atoms with Gasteiger partial charge in [0.25, 0.3) is 11.8 Å². The van der Waals surface area contributed by atoms with Crippen molar-refractivity contribution in [3.8, 4) is 0 Å². The van der Waals surface area contributed by atoms with E-state index >= 15 is 0 Å². The summed E-state index contributed by atoms with van der Waals surface area (Å²) < 4.78 is 0. The zero-order valence-electron chi connectivity index (χ0n) is 14.6. The third-order valence-electron chi connectivity index (χ3n) is 5.25. The van der Waals surface area contributed by atoms with E-state index in [4.69, 9.17) is 0 Å². The molecule has 134 valence electrons. The van der Waals surface area contributed by atoms with Crippen molar-refractivity contribution in [3.05, 3.63) is 106 Å². The highest BCUT2D eigenvalue weighted by molar-refractivity contribution is 6.29. The molecule has 0 radical (unpaired) electrons. The van der Waals surface area contributed by atoms with E-state index in [1.165, 1.54) is 0 Å². The maximum atomic E-state index is 13.1. The number of rotatable bonds is 2. The third kappa shape index (κ3) is 2.13. The molecule has 1 aliphatic carbocycles. The topological polar surface area (TPSA) is 71.5 Å². The molecule has 5 heteroatoms. The Balaban J connectivity index is 1.59. The Hall–Kier alpha value is -3.86. The summed E-state index contributed by atoms with van der Waals surface area (Å²) in [5, 5.41) is 0. The summed E-state index contributed by atoms with van der Waals surface area (Å²) in [6.07, 6.45) is 0. The third-order valence-corrected chi connectivity index (χ3v) is 5.25. The van der Waals surface area contributed by atoms with Crippen LogP contribution in [0.15, 0.2) is 66.7 Å². The number of amides is 2. The minimum atomic E-state index is -0.395. The van der Waals surface area contributed by atoms with Gasteiger partial charge in [-0.3, -0.25) is 24.1 Å². The molecule has 0 unspecified atom stereocenters. The van der Waals surface area contributed by atoms with Crippen LogP contribution >= 0.6 is 0 Å². The number of benzene rings is 3. The smallest absolute Gasteiger partial charge is 0.261 e. The molecule has 0 aromatic heterocycles. The fraction of sp³-hybridized carbons (Fsp3) is 0.0435. The van der Waals surface area contributed by atoms with Crippen molar-refractivity contribution >= 4 is 23.4 Å². The number of ketones is 2. The normalized spacial score (nSPS) is 14.8. The fourth-order valence-electron chi connectivity index (χ4n) is 3.90. The lowest BCUT2D eigenvalue weighted by Gasteiger charge is -2.22. The summed E-state index contributed by atoms with van der Waals surface area (Å²) >= 11 is 0. The van der Waals surface area contributed by atoms with Gasteiger partial charge in [-0.05, 0) is 17.7 Å². The lowest BCUT2D eigenvalue weighted by molar-refractivity contribution is 0.0640. The van der Waals surface area contributed by atoms with Crippen LogP contribution < -0.4 is 0 Å². The summed E-state index contributed by atoms with van der Waals surface area (Å²) in [5.41, 5.74) is 2.48. The van der Waals surface area contributed by atoms with Gasteiger partial charge >= 0.3 is 0 Å². The highest BCUT2D eigenvalue weighted by Crippen LogP contribution is 2.31. The van der Waals surface area contributed by atoms with Gasteiger partial charge in [-0.15, -0.1) is 0 Å². The van der Waals surface area contributed by atoms with Gasteiger partial charge in [0, 0.05) is 22.3 Å². The zero-order chi connectivity index (χ0) is 19.4. The minimum absolute atomic E-state index is 0.0588. The maximum Gasteiger partial charge on any atom is 0.261 e. The summed E-state index contributed by atoms with van der Waals surface area (Å²) in [7, 11) is 0. The van der Waals surface area contributed by atoms with E-state index in [1.54, 1.807) is 66.7 Å². The number of fused-ring (bicyclic) bond motifs is 3. The first-order valence-corrected chi connectivity index (χ1v) is 8.83. The number of hydrogen-bond donors (Lipinski definition) is 0. The molecule has 0 bridgehead atoms. The molecule has 0 N–H and O–H groups in total. The Morgan fingerprint density at radius 3 is 1.64 bits per heavy atom. The summed E-state index contributed by atoms with van der Waals surface area (Å²) in [6, 6.07) is 18.3. The first-order valence-electron chi connectivity index (χ1n) is 8.83. The zero-order valence-corrected chi connectivity index (χ0v) is 14.6. The number of carbonyl (C=O) groups is 4. The minimum Gasteiger partial charge on any atom is -0.289 e. The van der Waals surface area contributed by atoms with Gasteiger partial charge in [0.2, 0.25) is 0 Å². The second-order valence-corrected chi connectivity index (χ2v) is 6.79. The highest BCUT2D eigenvalue weighted by Gasteiger charge is 2.37. The second-order valence-electron chi connectivity index (χ2n) is 6.79. The van der Waals surface area contributed by atoms with Crippen LogP contribution in [0.1, 0.15) is 58.1 Å². The van der Waals surface area contributed by atoms with Gasteiger partial charge in [0.15, 0.2) is 11.6 Å². The van der Waals surface area contributed by atoms with Crippen LogP contribution in [0.4, 0.5) is 0 Å². The molecule has 0 atom stereocenters. The van der Waals surface area contributed by atoms with Crippen LogP contribution in [-0.2, 0) is 6.54 Å². The van der Waals surface area contributed by atoms with Gasteiger partial charge in [0.1, 0.15) is 0 Å². The summed E-state index contributed by atoms with van der Waals surface area (Å²) in [4.78, 5) is 52.4. The van der Waals surface area contributed by atoms with Crippen LogP contribution in [0.5, 0.6) is 0 Å². The molecular formula is C23H13NO4. The average molecular weight is 367 g/mol. The van der Waals surface area contributed by atoms with E-state index < -0.39 is 11.8 Å². The molecule has 28 heavy (non-hydrogen) atoms. The predicted molar refractivity (Wildman–Crippen MR) is 100 cm³/mol. The van der Waals surface area contributed by atoms with Crippen LogP contribution in [0.3, 0.4) is 0 Å². The first kappa shape index (κ1) is 16.3. The predicted octanol–water partition coefficient (Wildman–Crippen LogP) is 3.26. The van der Waals surface area contributed by atoms with Crippen molar-refractivity contribution in [1.82, 2.24) is 4.90 Å². The Morgan fingerprint density at radius 1 is 0.536 bits per heavy atom. The lowest BCUT2D eigenvalue weighted by Crippen LogP contribution is -2.31. The summed E-state index contributed by atoms with van der Waals surface area (Å²) in [5.74, 6) is -1.28. The van der Waals surface area contributed by atoms with Gasteiger partial charge in [0.05, 0.1) is 17.7 Å². The Kier molecular flexibility index (Phi) is 3.39. The standard InChI is InChI=1S/C23H13NO4/c25-20-14-7-1-2-8-15(14)21(26)19-13(6-5-11-18(19)20)12-24-22(27)16-9-3-4-10-17(16)23(24)28/h1-11H,12H2. The van der Waals surface area contributed by atoms with Crippen molar-refractivity contribution in [3.63, 3.8) is 0 Å². The highest BCUT2D eigenvalue weighted by atomic mass is 16.2. The second kappa shape index (κ2) is 5.82. The Labute approximate surface area is 160 Å². The molecule has 5 nitrogen and oxygen atoms in total. The van der Waals surface area contributed by atoms with Crippen molar-refractivity contribution < 1.29 is 19.2 Å². The van der Waals surface area contributed by atoms with Gasteiger partial charge in [-0.2, -0.15) is 0 Å². The molecule has 0 fully saturated rings. The molecule has 5 rings (SSSR count). The van der Waals surface area contributed by atoms with Crippen molar-refractivity contribution in [2.24, 2.45) is 0 Å². The molecular weight excluding hydrogens is 354 g/mol. The first-order chi connectivity index (χ1) is 13.6. The van der Waals surface area contributed by atoms with E-state index in [9.17, 15) is 19.2 Å². The van der Waals surface area contributed by atoms with E-state index in [1.807, 2.05) is 0 Å². The van der Waals surface area contributed by atoms with Crippen LogP contribution in [0.2, 0.25) is 0 Å². The number of carbonyl (C=O) groups excluding carboxylic acids is 4. The molecule has 2 aliphatic rings. The maximum absolute atomic E-state index is 13.1. The Morgan fingerprint density at radius 2 is 1.04 bits per heavy atom. The van der Waals surface area contributed by atoms with E-state index in [-0.39, 0.29) is 23.7 Å². The van der Waals surface area contributed by atoms with Crippen molar-refractivity contribution in [2.75, 3.05) is 0 Å². The van der Waals surface area contributed by atoms with Gasteiger partial charge in [-0.25, -0.2) is 0 Å². The SMILES string of the molecule is O=C1c2ccccc2C(=O)c2c(CN3C(=O)c4ccccc4C3=O)cccc21. The molecule has 2 amide bonds. The molecule has 1 aliphatic heterocycles. The molecule has 3 aromatic carbocycles. The fourth-order valence-corrected chi connectivity index (χ4v) is 3.90. The molecule has 3 aromatic rings. The van der Waals surface area contributed by atoms with Crippen molar-refractivity contribution in [1.29, 1.82) is 0 Å².